The Hall–Kier alpha value is -15.6. The minimum Gasteiger partial charge on any atom is -0.309 e. The van der Waals surface area contributed by atoms with Crippen molar-refractivity contribution in [3.05, 3.63) is 413 Å². The molecule has 0 N–H and O–H groups in total. The van der Waals surface area contributed by atoms with Gasteiger partial charge >= 0.3 is 0 Å². The molecule has 8 heteroatoms. The van der Waals surface area contributed by atoms with E-state index in [4.69, 9.17) is 19.9 Å². The van der Waals surface area contributed by atoms with E-state index >= 15 is 0 Å². The van der Waals surface area contributed by atoms with Crippen LogP contribution < -0.4 is 0 Å². The van der Waals surface area contributed by atoms with Crippen LogP contribution in [0.15, 0.2) is 413 Å². The van der Waals surface area contributed by atoms with Crippen LogP contribution in [0.25, 0.3) is 221 Å². The third-order valence-electron chi connectivity index (χ3n) is 23.4. The van der Waals surface area contributed by atoms with Crippen molar-refractivity contribution in [1.29, 1.82) is 0 Å². The highest BCUT2D eigenvalue weighted by Gasteiger charge is 2.26. The summed E-state index contributed by atoms with van der Waals surface area (Å²) in [6, 6.07) is 148. The van der Waals surface area contributed by atoms with Gasteiger partial charge in [0, 0.05) is 98.9 Å². The molecule has 0 fully saturated rings. The second-order valence-corrected chi connectivity index (χ2v) is 29.9. The lowest BCUT2D eigenvalue weighted by Gasteiger charge is -2.12. The lowest BCUT2D eigenvalue weighted by atomic mass is 10.0. The van der Waals surface area contributed by atoms with E-state index in [1.807, 2.05) is 24.3 Å². The highest BCUT2D eigenvalue weighted by molar-refractivity contribution is 6.35. The highest BCUT2D eigenvalue weighted by Crippen LogP contribution is 2.48. The third kappa shape index (κ3) is 10.8. The van der Waals surface area contributed by atoms with E-state index < -0.39 is 0 Å². The van der Waals surface area contributed by atoms with Crippen molar-refractivity contribution in [2.75, 3.05) is 0 Å². The molecule has 6 aromatic heterocycles. The fourth-order valence-corrected chi connectivity index (χ4v) is 18.3. The SMILES string of the molecule is c1ccc(-c2ccc(-n3c4ccc5ccccc5c4c4c5c6ccccc6n(-c6cccc(-c7nc(-c8ccccc8)c8ccccc8n7)c6)c5ccc43)cc2)cc1.c1ccc(-c2cccc(-n3c4ccc5ccccc5c4c4c5c6ccccc6n(-c6cccc(-c7nc(-c8ccccc8)c8ccccc8n7)c6)c5ccc43)c2)cc1. The molecule has 0 radical (unpaired) electrons. The maximum absolute atomic E-state index is 5.23. The van der Waals surface area contributed by atoms with Gasteiger partial charge < -0.3 is 18.3 Å². The molecule has 6 heterocycles. The Balaban J connectivity index is 0.000000137. The van der Waals surface area contributed by atoms with Gasteiger partial charge in [-0.2, -0.15) is 0 Å². The van der Waals surface area contributed by atoms with Crippen LogP contribution in [0.1, 0.15) is 0 Å². The van der Waals surface area contributed by atoms with Gasteiger partial charge in [0.2, 0.25) is 0 Å². The van der Waals surface area contributed by atoms with Crippen LogP contribution in [-0.4, -0.2) is 38.2 Å². The molecule has 540 valence electrons. The Morgan fingerprint density at radius 1 is 0.155 bits per heavy atom. The van der Waals surface area contributed by atoms with Crippen LogP contribution >= 0.6 is 0 Å². The molecular formula is C108H68N8. The Morgan fingerprint density at radius 3 is 0.888 bits per heavy atom. The molecule has 0 atom stereocenters. The van der Waals surface area contributed by atoms with Gasteiger partial charge in [-0.05, 0) is 153 Å². The first-order chi connectivity index (χ1) is 57.6. The second-order valence-electron chi connectivity index (χ2n) is 29.9. The predicted octanol–water partition coefficient (Wildman–Crippen LogP) is 28.0. The number of benzene rings is 18. The fraction of sp³-hybridized carbons (Fsp3) is 0. The number of rotatable bonds is 10. The zero-order valence-electron chi connectivity index (χ0n) is 62.8. The Labute approximate surface area is 667 Å². The fourth-order valence-electron chi connectivity index (χ4n) is 18.3. The topological polar surface area (TPSA) is 71.3 Å². The first-order valence-corrected chi connectivity index (χ1v) is 39.5. The van der Waals surface area contributed by atoms with Crippen molar-refractivity contribution in [1.82, 2.24) is 38.2 Å². The van der Waals surface area contributed by atoms with Gasteiger partial charge in [-0.15, -0.1) is 0 Å². The summed E-state index contributed by atoms with van der Waals surface area (Å²) in [5, 5.41) is 17.0. The zero-order valence-corrected chi connectivity index (χ0v) is 62.8. The van der Waals surface area contributed by atoms with Crippen LogP contribution in [0.4, 0.5) is 0 Å². The van der Waals surface area contributed by atoms with Crippen molar-refractivity contribution < 1.29 is 0 Å². The van der Waals surface area contributed by atoms with Crippen LogP contribution in [0.3, 0.4) is 0 Å². The first kappa shape index (κ1) is 66.2. The molecule has 0 aliphatic rings. The van der Waals surface area contributed by atoms with E-state index in [-0.39, 0.29) is 0 Å². The van der Waals surface area contributed by atoms with Crippen molar-refractivity contribution in [2.45, 2.75) is 0 Å². The van der Waals surface area contributed by atoms with Gasteiger partial charge in [0.1, 0.15) is 0 Å². The molecule has 0 spiro atoms. The van der Waals surface area contributed by atoms with Crippen molar-refractivity contribution in [2.24, 2.45) is 0 Å². The Morgan fingerprint density at radius 2 is 0.448 bits per heavy atom. The minimum atomic E-state index is 0.704. The van der Waals surface area contributed by atoms with Crippen molar-refractivity contribution >= 4 is 131 Å². The van der Waals surface area contributed by atoms with Gasteiger partial charge in [-0.25, -0.2) is 19.9 Å². The summed E-state index contributed by atoms with van der Waals surface area (Å²) in [7, 11) is 0. The molecule has 24 aromatic rings. The summed E-state index contributed by atoms with van der Waals surface area (Å²) in [4.78, 5) is 20.7. The van der Waals surface area contributed by atoms with Gasteiger partial charge in [-0.1, -0.05) is 303 Å². The van der Waals surface area contributed by atoms with Crippen molar-refractivity contribution in [3.63, 3.8) is 0 Å². The molecule has 0 aliphatic heterocycles. The molecule has 0 unspecified atom stereocenters. The van der Waals surface area contributed by atoms with E-state index in [1.54, 1.807) is 0 Å². The summed E-state index contributed by atoms with van der Waals surface area (Å²) in [6.45, 7) is 0. The van der Waals surface area contributed by atoms with Crippen LogP contribution in [0.2, 0.25) is 0 Å². The number of para-hydroxylation sites is 4. The van der Waals surface area contributed by atoms with Gasteiger partial charge in [0.05, 0.1) is 66.6 Å². The number of nitrogens with zero attached hydrogens (tertiary/aromatic N) is 8. The van der Waals surface area contributed by atoms with Crippen LogP contribution in [0, 0.1) is 0 Å². The summed E-state index contributed by atoms with van der Waals surface area (Å²) < 4.78 is 9.73. The monoisotopic (exact) mass is 1480 g/mol. The number of hydrogen-bond acceptors (Lipinski definition) is 4. The first-order valence-electron chi connectivity index (χ1n) is 39.5. The molecule has 116 heavy (non-hydrogen) atoms. The molecule has 0 aliphatic carbocycles. The molecule has 18 aromatic carbocycles. The Kier molecular flexibility index (Phi) is 15.5. The summed E-state index contributed by atoms with van der Waals surface area (Å²) in [5.41, 5.74) is 26.4. The molecule has 0 saturated carbocycles. The molecule has 24 rings (SSSR count). The number of aromatic nitrogens is 8. The van der Waals surface area contributed by atoms with Crippen LogP contribution in [-0.2, 0) is 0 Å². The Bertz CT molecular complexity index is 8060. The highest BCUT2D eigenvalue weighted by atomic mass is 15.0. The van der Waals surface area contributed by atoms with Gasteiger partial charge in [0.15, 0.2) is 11.6 Å². The molecule has 0 amide bonds. The smallest absolute Gasteiger partial charge is 0.160 e. The third-order valence-corrected chi connectivity index (χ3v) is 23.4. The summed E-state index contributed by atoms with van der Waals surface area (Å²) in [5.74, 6) is 1.41. The quantitative estimate of drug-likeness (QED) is 0.137. The molecule has 8 nitrogen and oxygen atoms in total. The van der Waals surface area contributed by atoms with E-state index in [2.05, 4.69) is 407 Å². The number of hydrogen-bond donors (Lipinski definition) is 0. The summed E-state index contributed by atoms with van der Waals surface area (Å²) in [6.07, 6.45) is 0. The van der Waals surface area contributed by atoms with Gasteiger partial charge in [0.25, 0.3) is 0 Å². The standard InChI is InChI=1S/2C54H34N4/c1-3-15-35(16-4-1)38-20-13-22-40(33-38)58-47-30-29-36-17-7-8-24-42(36)50(47)52-49(58)32-31-48-51(52)44-26-10-12-28-46(44)57(48)41-23-14-21-39(34-41)54-55-45-27-11-9-25-43(45)53(56-54)37-18-5-2-6-19-37;1-3-14-35(15-4-1)36-26-29-40(30-27-36)57-47-31-28-37-16-7-8-21-42(37)50(47)52-49(57)33-32-48-51(52)44-23-10-12-25-46(44)58(48)41-20-13-19-39(34-41)54-55-45-24-11-9-22-43(45)53(56-54)38-17-5-2-6-18-38/h2*1-34H. The summed E-state index contributed by atoms with van der Waals surface area (Å²) >= 11 is 0. The normalized spacial score (nSPS) is 11.8. The predicted molar refractivity (Wildman–Crippen MR) is 484 cm³/mol. The van der Waals surface area contributed by atoms with E-state index in [9.17, 15) is 0 Å². The average molecular weight is 1480 g/mol. The molecule has 0 bridgehead atoms. The maximum atomic E-state index is 5.23. The van der Waals surface area contributed by atoms with E-state index in [1.165, 1.54) is 109 Å². The largest absolute Gasteiger partial charge is 0.309 e. The molecule has 0 saturated heterocycles. The lowest BCUT2D eigenvalue weighted by Crippen LogP contribution is -1.98. The lowest BCUT2D eigenvalue weighted by molar-refractivity contribution is 1.17. The van der Waals surface area contributed by atoms with Crippen LogP contribution in [0.5, 0.6) is 0 Å². The zero-order chi connectivity index (χ0) is 76.3. The second kappa shape index (κ2) is 27.1. The van der Waals surface area contributed by atoms with Crippen molar-refractivity contribution in [3.8, 4) is 90.3 Å². The minimum absolute atomic E-state index is 0.704. The molecular weight excluding hydrogens is 1410 g/mol. The van der Waals surface area contributed by atoms with E-state index in [0.29, 0.717) is 11.6 Å². The number of fused-ring (bicyclic) bond motifs is 20. The average Bonchev–Trinajstić information content (AvgIpc) is 1.54. The van der Waals surface area contributed by atoms with E-state index in [0.717, 1.165) is 100 Å². The maximum Gasteiger partial charge on any atom is 0.160 e. The van der Waals surface area contributed by atoms with Gasteiger partial charge in [-0.3, -0.25) is 0 Å².